The third-order valence-electron chi connectivity index (χ3n) is 3.79. The molecule has 4 nitrogen and oxygen atoms in total. The summed E-state index contributed by atoms with van der Waals surface area (Å²) in [6.45, 7) is 1.77. The Hall–Kier alpha value is -2.88. The van der Waals surface area contributed by atoms with Crippen molar-refractivity contribution in [2.45, 2.75) is 25.6 Å². The topological polar surface area (TPSA) is 52.6 Å². The van der Waals surface area contributed by atoms with Crippen LogP contribution in [0, 0.1) is 0 Å². The highest BCUT2D eigenvalue weighted by atomic mass is 16.6. The van der Waals surface area contributed by atoms with Crippen LogP contribution in [0.25, 0.3) is 17.2 Å². The van der Waals surface area contributed by atoms with Crippen LogP contribution in [0.3, 0.4) is 0 Å². The molecule has 2 aromatic rings. The number of hydrogen-bond acceptors (Lipinski definition) is 4. The summed E-state index contributed by atoms with van der Waals surface area (Å²) in [6, 6.07) is 17.8. The maximum Gasteiger partial charge on any atom is 0.347 e. The lowest BCUT2D eigenvalue weighted by atomic mass is 10.0. The first-order chi connectivity index (χ1) is 11.6. The van der Waals surface area contributed by atoms with E-state index < -0.39 is 18.0 Å². The molecule has 1 fully saturated rings. The molecule has 2 unspecified atom stereocenters. The summed E-state index contributed by atoms with van der Waals surface area (Å²) in [5, 5.41) is 0. The highest BCUT2D eigenvalue weighted by molar-refractivity contribution is 5.90. The predicted molar refractivity (Wildman–Crippen MR) is 91.0 cm³/mol. The van der Waals surface area contributed by atoms with Crippen molar-refractivity contribution in [3.63, 3.8) is 0 Å². The average molecular weight is 322 g/mol. The summed E-state index contributed by atoms with van der Waals surface area (Å²) in [4.78, 5) is 23.3. The molecule has 1 heterocycles. The van der Waals surface area contributed by atoms with Crippen molar-refractivity contribution >= 4 is 18.0 Å². The van der Waals surface area contributed by atoms with Gasteiger partial charge in [-0.25, -0.2) is 9.59 Å². The average Bonchev–Trinajstić information content (AvgIpc) is 2.91. The molecule has 2 atom stereocenters. The first-order valence-electron chi connectivity index (χ1n) is 7.86. The number of benzene rings is 2. The van der Waals surface area contributed by atoms with E-state index in [-0.39, 0.29) is 6.10 Å². The minimum atomic E-state index is -0.798. The Kier molecular flexibility index (Phi) is 4.75. The van der Waals surface area contributed by atoms with Crippen molar-refractivity contribution in [2.75, 3.05) is 0 Å². The van der Waals surface area contributed by atoms with Gasteiger partial charge in [0.05, 0.1) is 0 Å². The van der Waals surface area contributed by atoms with E-state index in [0.29, 0.717) is 6.42 Å². The summed E-state index contributed by atoms with van der Waals surface area (Å²) in [5.41, 5.74) is 3.06. The van der Waals surface area contributed by atoms with Crippen LogP contribution in [0.1, 0.15) is 18.9 Å². The summed E-state index contributed by atoms with van der Waals surface area (Å²) < 4.78 is 10.1. The SMILES string of the molecule is CC1CC(OC(=O)C=Cc2cccc(-c3ccccc3)c2)C(=O)O1. The van der Waals surface area contributed by atoms with Crippen LogP contribution in [0.2, 0.25) is 0 Å². The molecule has 0 radical (unpaired) electrons. The second-order valence-corrected chi connectivity index (χ2v) is 5.73. The molecule has 0 aliphatic carbocycles. The zero-order valence-electron chi connectivity index (χ0n) is 13.3. The van der Waals surface area contributed by atoms with Gasteiger partial charge in [-0.2, -0.15) is 0 Å². The Balaban J connectivity index is 1.66. The molecule has 1 aliphatic rings. The molecule has 0 N–H and O–H groups in total. The van der Waals surface area contributed by atoms with E-state index in [9.17, 15) is 9.59 Å². The van der Waals surface area contributed by atoms with Crippen molar-refractivity contribution in [3.05, 3.63) is 66.2 Å². The van der Waals surface area contributed by atoms with Gasteiger partial charge < -0.3 is 9.47 Å². The van der Waals surface area contributed by atoms with Crippen molar-refractivity contribution in [1.29, 1.82) is 0 Å². The lowest BCUT2D eigenvalue weighted by Crippen LogP contribution is -2.21. The molecular formula is C20H18O4. The lowest BCUT2D eigenvalue weighted by molar-refractivity contribution is -0.157. The highest BCUT2D eigenvalue weighted by Crippen LogP contribution is 2.21. The summed E-state index contributed by atoms with van der Waals surface area (Å²) >= 11 is 0. The molecule has 2 aromatic carbocycles. The Morgan fingerprint density at radius 1 is 1.12 bits per heavy atom. The molecule has 0 saturated carbocycles. The van der Waals surface area contributed by atoms with Crippen LogP contribution >= 0.6 is 0 Å². The Morgan fingerprint density at radius 3 is 2.58 bits per heavy atom. The second kappa shape index (κ2) is 7.13. The first kappa shape index (κ1) is 16.0. The van der Waals surface area contributed by atoms with E-state index in [1.807, 2.05) is 54.6 Å². The van der Waals surface area contributed by atoms with E-state index in [0.717, 1.165) is 16.7 Å². The fraction of sp³-hybridized carbons (Fsp3) is 0.200. The van der Waals surface area contributed by atoms with Gasteiger partial charge in [0.15, 0.2) is 0 Å². The van der Waals surface area contributed by atoms with Gasteiger partial charge >= 0.3 is 11.9 Å². The molecule has 24 heavy (non-hydrogen) atoms. The van der Waals surface area contributed by atoms with Gasteiger partial charge in [0.1, 0.15) is 6.10 Å². The van der Waals surface area contributed by atoms with Crippen molar-refractivity contribution in [1.82, 2.24) is 0 Å². The van der Waals surface area contributed by atoms with Crippen molar-refractivity contribution in [3.8, 4) is 11.1 Å². The molecule has 1 saturated heterocycles. The number of esters is 2. The molecule has 4 heteroatoms. The molecule has 0 amide bonds. The summed E-state index contributed by atoms with van der Waals surface area (Å²) in [7, 11) is 0. The van der Waals surface area contributed by atoms with E-state index in [4.69, 9.17) is 9.47 Å². The zero-order valence-corrected chi connectivity index (χ0v) is 13.3. The predicted octanol–water partition coefficient (Wildman–Crippen LogP) is 3.61. The van der Waals surface area contributed by atoms with E-state index in [1.165, 1.54) is 6.08 Å². The number of carbonyl (C=O) groups is 2. The Labute approximate surface area is 140 Å². The van der Waals surface area contributed by atoms with Crippen molar-refractivity contribution < 1.29 is 19.1 Å². The second-order valence-electron chi connectivity index (χ2n) is 5.73. The minimum absolute atomic E-state index is 0.207. The monoisotopic (exact) mass is 322 g/mol. The van der Waals surface area contributed by atoms with Crippen LogP contribution < -0.4 is 0 Å². The Morgan fingerprint density at radius 2 is 1.88 bits per heavy atom. The normalized spacial score (nSPS) is 20.1. The quantitative estimate of drug-likeness (QED) is 0.637. The van der Waals surface area contributed by atoms with Crippen LogP contribution in [0.5, 0.6) is 0 Å². The van der Waals surface area contributed by atoms with Gasteiger partial charge in [0.25, 0.3) is 0 Å². The molecule has 0 bridgehead atoms. The zero-order chi connectivity index (χ0) is 16.9. The number of hydrogen-bond donors (Lipinski definition) is 0. The van der Waals surface area contributed by atoms with E-state index in [2.05, 4.69) is 0 Å². The lowest BCUT2D eigenvalue weighted by Gasteiger charge is -2.05. The van der Waals surface area contributed by atoms with Gasteiger partial charge in [-0.15, -0.1) is 0 Å². The van der Waals surface area contributed by atoms with Gasteiger partial charge in [0.2, 0.25) is 6.10 Å². The standard InChI is InChI=1S/C20H18O4/c1-14-12-18(20(22)23-14)24-19(21)11-10-15-6-5-9-17(13-15)16-7-3-2-4-8-16/h2-11,13-14,18H,12H2,1H3. The number of ether oxygens (including phenoxy) is 2. The first-order valence-corrected chi connectivity index (χ1v) is 7.86. The van der Waals surface area contributed by atoms with Crippen LogP contribution in [-0.2, 0) is 19.1 Å². The third kappa shape index (κ3) is 3.90. The highest BCUT2D eigenvalue weighted by Gasteiger charge is 2.34. The maximum atomic E-state index is 11.9. The number of carbonyl (C=O) groups excluding carboxylic acids is 2. The number of rotatable bonds is 4. The fourth-order valence-corrected chi connectivity index (χ4v) is 2.61. The summed E-state index contributed by atoms with van der Waals surface area (Å²) in [5.74, 6) is -1.02. The molecule has 0 spiro atoms. The van der Waals surface area contributed by atoms with Crippen LogP contribution in [0.4, 0.5) is 0 Å². The van der Waals surface area contributed by atoms with E-state index >= 15 is 0 Å². The third-order valence-corrected chi connectivity index (χ3v) is 3.79. The van der Waals surface area contributed by atoms with Gasteiger partial charge in [-0.1, -0.05) is 48.5 Å². The van der Waals surface area contributed by atoms with Gasteiger partial charge in [-0.3, -0.25) is 0 Å². The van der Waals surface area contributed by atoms with Crippen LogP contribution in [-0.4, -0.2) is 24.1 Å². The molecular weight excluding hydrogens is 304 g/mol. The summed E-state index contributed by atoms with van der Waals surface area (Å²) in [6.07, 6.45) is 2.41. The Bertz CT molecular complexity index is 764. The molecule has 122 valence electrons. The van der Waals surface area contributed by atoms with Crippen molar-refractivity contribution in [2.24, 2.45) is 0 Å². The maximum absolute atomic E-state index is 11.9. The largest absolute Gasteiger partial charge is 0.460 e. The fourth-order valence-electron chi connectivity index (χ4n) is 2.61. The molecule has 0 aromatic heterocycles. The number of cyclic esters (lactones) is 1. The van der Waals surface area contributed by atoms with Crippen LogP contribution in [0.15, 0.2) is 60.7 Å². The smallest absolute Gasteiger partial charge is 0.347 e. The van der Waals surface area contributed by atoms with Gasteiger partial charge in [-0.05, 0) is 35.8 Å². The minimum Gasteiger partial charge on any atom is -0.460 e. The molecule has 1 aliphatic heterocycles. The molecule has 3 rings (SSSR count). The van der Waals surface area contributed by atoms with Gasteiger partial charge in [0, 0.05) is 12.5 Å². The van der Waals surface area contributed by atoms with E-state index in [1.54, 1.807) is 13.0 Å².